The van der Waals surface area contributed by atoms with Gasteiger partial charge < -0.3 is 9.84 Å². The Morgan fingerprint density at radius 3 is 2.77 bits per heavy atom. The molecule has 26 heavy (non-hydrogen) atoms. The Hall–Kier alpha value is -2.30. The van der Waals surface area contributed by atoms with Gasteiger partial charge in [-0.25, -0.2) is 0 Å². The topological polar surface area (TPSA) is 55.1 Å². The van der Waals surface area contributed by atoms with Crippen LogP contribution in [0.2, 0.25) is 5.02 Å². The van der Waals surface area contributed by atoms with Crippen LogP contribution in [0.15, 0.2) is 53.1 Å². The van der Waals surface area contributed by atoms with Gasteiger partial charge in [0.1, 0.15) is 11.6 Å². The molecule has 1 amide bonds. The normalized spacial score (nSPS) is 13.6. The van der Waals surface area contributed by atoms with Crippen LogP contribution in [0, 0.1) is 0 Å². The van der Waals surface area contributed by atoms with Crippen molar-refractivity contribution in [3.05, 3.63) is 59.1 Å². The maximum absolute atomic E-state index is 11.5. The number of carbonyl (C=O) groups excluding carboxylic acids is 1. The lowest BCUT2D eigenvalue weighted by Gasteiger charge is -2.07. The molecule has 4 nitrogen and oxygen atoms in total. The summed E-state index contributed by atoms with van der Waals surface area (Å²) in [6.07, 6.45) is 2.36. The average molecular weight is 387 g/mol. The second-order valence-electron chi connectivity index (χ2n) is 6.32. The smallest absolute Gasteiger partial charge is 0.239 e. The zero-order valence-electron chi connectivity index (χ0n) is 13.8. The number of nitrogens with one attached hydrogen (secondary N) is 1. The predicted molar refractivity (Wildman–Crippen MR) is 104 cm³/mol. The molecule has 0 unspecified atom stereocenters. The molecule has 1 aromatic heterocycles. The van der Waals surface area contributed by atoms with Crippen LogP contribution in [0.25, 0.3) is 22.6 Å². The summed E-state index contributed by atoms with van der Waals surface area (Å²) in [5, 5.41) is 7.64. The van der Waals surface area contributed by atoms with E-state index in [1.54, 1.807) is 6.07 Å². The standard InChI is InChI=1S/C20H16Cl2N2O2/c21-11-19(25)23-14-4-1-3-13(9-14)18-10-17(24-26-18)20-15(12-7-8-12)5-2-6-16(20)22/h1-6,9-10,12H,7-8,11H2,(H,23,25). The number of amides is 1. The highest BCUT2D eigenvalue weighted by Gasteiger charge is 2.28. The van der Waals surface area contributed by atoms with E-state index in [0.29, 0.717) is 22.4 Å². The Kier molecular flexibility index (Phi) is 4.70. The molecule has 1 fully saturated rings. The Balaban J connectivity index is 1.67. The number of carbonyl (C=O) groups is 1. The Morgan fingerprint density at radius 1 is 1.19 bits per heavy atom. The van der Waals surface area contributed by atoms with Crippen LogP contribution in [0.1, 0.15) is 24.3 Å². The van der Waals surface area contributed by atoms with Crippen LogP contribution in [0.4, 0.5) is 5.69 Å². The molecule has 132 valence electrons. The molecule has 1 saturated carbocycles. The minimum atomic E-state index is -0.257. The van der Waals surface area contributed by atoms with E-state index in [9.17, 15) is 4.79 Å². The predicted octanol–water partition coefficient (Wildman–Crippen LogP) is 5.72. The third-order valence-corrected chi connectivity index (χ3v) is 4.94. The monoisotopic (exact) mass is 386 g/mol. The van der Waals surface area contributed by atoms with Crippen LogP contribution in [-0.2, 0) is 4.79 Å². The summed E-state index contributed by atoms with van der Waals surface area (Å²) in [4.78, 5) is 11.5. The number of hydrogen-bond donors (Lipinski definition) is 1. The number of benzene rings is 2. The first-order valence-corrected chi connectivity index (χ1v) is 9.28. The first-order chi connectivity index (χ1) is 12.7. The van der Waals surface area contributed by atoms with Crippen molar-refractivity contribution >= 4 is 34.8 Å². The van der Waals surface area contributed by atoms with E-state index < -0.39 is 0 Å². The zero-order chi connectivity index (χ0) is 18.1. The first kappa shape index (κ1) is 17.1. The molecule has 0 atom stereocenters. The SMILES string of the molecule is O=C(CCl)Nc1cccc(-c2cc(-c3c(Cl)cccc3C3CC3)no2)c1. The molecular weight excluding hydrogens is 371 g/mol. The minimum Gasteiger partial charge on any atom is -0.356 e. The summed E-state index contributed by atoms with van der Waals surface area (Å²) in [6, 6.07) is 15.2. The molecular formula is C20H16Cl2N2O2. The molecule has 0 aliphatic heterocycles. The van der Waals surface area contributed by atoms with Crippen molar-refractivity contribution in [3.63, 3.8) is 0 Å². The third-order valence-electron chi connectivity index (χ3n) is 4.38. The number of rotatable bonds is 5. The Bertz CT molecular complexity index is 964. The second kappa shape index (κ2) is 7.14. The molecule has 0 saturated heterocycles. The van der Waals surface area contributed by atoms with Crippen molar-refractivity contribution in [2.75, 3.05) is 11.2 Å². The third kappa shape index (κ3) is 3.48. The van der Waals surface area contributed by atoms with E-state index in [4.69, 9.17) is 27.7 Å². The molecule has 1 N–H and O–H groups in total. The Labute approximate surface area is 161 Å². The van der Waals surface area contributed by atoms with Gasteiger partial charge in [0.05, 0.1) is 5.02 Å². The molecule has 0 radical (unpaired) electrons. The number of hydrogen-bond acceptors (Lipinski definition) is 3. The minimum absolute atomic E-state index is 0.0901. The fraction of sp³-hybridized carbons (Fsp3) is 0.200. The zero-order valence-corrected chi connectivity index (χ0v) is 15.3. The lowest BCUT2D eigenvalue weighted by Crippen LogP contribution is -2.12. The molecule has 1 aliphatic carbocycles. The largest absolute Gasteiger partial charge is 0.356 e. The maximum Gasteiger partial charge on any atom is 0.239 e. The summed E-state index contributed by atoms with van der Waals surface area (Å²) in [7, 11) is 0. The van der Waals surface area contributed by atoms with Gasteiger partial charge in [0, 0.05) is 22.9 Å². The molecule has 0 bridgehead atoms. The number of nitrogens with zero attached hydrogens (tertiary/aromatic N) is 1. The molecule has 1 aliphatic rings. The number of anilines is 1. The van der Waals surface area contributed by atoms with E-state index in [-0.39, 0.29) is 11.8 Å². The first-order valence-electron chi connectivity index (χ1n) is 8.37. The van der Waals surface area contributed by atoms with Crippen LogP contribution >= 0.6 is 23.2 Å². The number of halogens is 2. The Morgan fingerprint density at radius 2 is 2.00 bits per heavy atom. The molecule has 2 aromatic carbocycles. The van der Waals surface area contributed by atoms with Gasteiger partial charge in [-0.15, -0.1) is 11.6 Å². The summed E-state index contributed by atoms with van der Waals surface area (Å²) in [5.74, 6) is 0.821. The number of alkyl halides is 1. The van der Waals surface area contributed by atoms with Gasteiger partial charge in [-0.2, -0.15) is 0 Å². The van der Waals surface area contributed by atoms with Crippen molar-refractivity contribution in [1.82, 2.24) is 5.16 Å². The van der Waals surface area contributed by atoms with Crippen LogP contribution in [0.5, 0.6) is 0 Å². The van der Waals surface area contributed by atoms with Gasteiger partial charge in [0.15, 0.2) is 5.76 Å². The van der Waals surface area contributed by atoms with Gasteiger partial charge in [0.2, 0.25) is 5.91 Å². The lowest BCUT2D eigenvalue weighted by molar-refractivity contribution is -0.113. The molecule has 3 aromatic rings. The average Bonchev–Trinajstić information content (AvgIpc) is 3.39. The van der Waals surface area contributed by atoms with E-state index >= 15 is 0 Å². The highest BCUT2D eigenvalue weighted by molar-refractivity contribution is 6.33. The van der Waals surface area contributed by atoms with Crippen molar-refractivity contribution in [3.8, 4) is 22.6 Å². The highest BCUT2D eigenvalue weighted by atomic mass is 35.5. The van der Waals surface area contributed by atoms with Crippen molar-refractivity contribution in [2.45, 2.75) is 18.8 Å². The highest BCUT2D eigenvalue weighted by Crippen LogP contribution is 2.46. The summed E-state index contributed by atoms with van der Waals surface area (Å²) < 4.78 is 5.55. The van der Waals surface area contributed by atoms with Crippen molar-refractivity contribution in [1.29, 1.82) is 0 Å². The molecule has 1 heterocycles. The van der Waals surface area contributed by atoms with Gasteiger partial charge in [-0.05, 0) is 42.5 Å². The van der Waals surface area contributed by atoms with E-state index in [0.717, 1.165) is 16.8 Å². The van der Waals surface area contributed by atoms with Gasteiger partial charge in [-0.3, -0.25) is 4.79 Å². The molecule has 4 rings (SSSR count). The van der Waals surface area contributed by atoms with Crippen molar-refractivity contribution < 1.29 is 9.32 Å². The fourth-order valence-electron chi connectivity index (χ4n) is 3.02. The second-order valence-corrected chi connectivity index (χ2v) is 6.99. The molecule has 0 spiro atoms. The van der Waals surface area contributed by atoms with Crippen LogP contribution in [-0.4, -0.2) is 16.9 Å². The van der Waals surface area contributed by atoms with Crippen molar-refractivity contribution in [2.24, 2.45) is 0 Å². The van der Waals surface area contributed by atoms with Gasteiger partial charge in [-0.1, -0.05) is 41.0 Å². The van der Waals surface area contributed by atoms with E-state index in [1.807, 2.05) is 36.4 Å². The fourth-order valence-corrected chi connectivity index (χ4v) is 3.36. The molecule has 6 heteroatoms. The van der Waals surface area contributed by atoms with Gasteiger partial charge in [0.25, 0.3) is 0 Å². The van der Waals surface area contributed by atoms with Crippen LogP contribution in [0.3, 0.4) is 0 Å². The van der Waals surface area contributed by atoms with Crippen LogP contribution < -0.4 is 5.32 Å². The summed E-state index contributed by atoms with van der Waals surface area (Å²) in [6.45, 7) is 0. The van der Waals surface area contributed by atoms with E-state index in [1.165, 1.54) is 18.4 Å². The summed E-state index contributed by atoms with van der Waals surface area (Å²) in [5.41, 5.74) is 4.36. The van der Waals surface area contributed by atoms with Gasteiger partial charge >= 0.3 is 0 Å². The lowest BCUT2D eigenvalue weighted by atomic mass is 10.00. The van der Waals surface area contributed by atoms with E-state index in [2.05, 4.69) is 16.5 Å². The number of aromatic nitrogens is 1. The summed E-state index contributed by atoms with van der Waals surface area (Å²) >= 11 is 12.0. The quantitative estimate of drug-likeness (QED) is 0.570. The maximum atomic E-state index is 11.5.